The summed E-state index contributed by atoms with van der Waals surface area (Å²) in [5.41, 5.74) is -0.0468. The molecular formula is C7H11NO3. The summed E-state index contributed by atoms with van der Waals surface area (Å²) >= 11 is 0. The Morgan fingerprint density at radius 3 is 2.82 bits per heavy atom. The molecule has 4 heteroatoms. The van der Waals surface area contributed by atoms with E-state index in [1.165, 1.54) is 6.92 Å². The maximum atomic E-state index is 10.7. The second-order valence-electron chi connectivity index (χ2n) is 1.85. The topological polar surface area (TPSA) is 58.9 Å². The number of carbonyl (C=O) groups is 1. The van der Waals surface area contributed by atoms with Crippen LogP contribution in [0.25, 0.3) is 0 Å². The molecule has 0 saturated heterocycles. The summed E-state index contributed by atoms with van der Waals surface area (Å²) in [6.07, 6.45) is 3.45. The van der Waals surface area contributed by atoms with Crippen LogP contribution in [0.4, 0.5) is 0 Å². The highest BCUT2D eigenvalue weighted by Crippen LogP contribution is 1.84. The van der Waals surface area contributed by atoms with E-state index in [2.05, 4.69) is 9.89 Å². The van der Waals surface area contributed by atoms with E-state index in [4.69, 9.17) is 5.21 Å². The molecule has 0 aliphatic rings. The van der Waals surface area contributed by atoms with Gasteiger partial charge in [0.2, 0.25) is 0 Å². The molecule has 0 amide bonds. The van der Waals surface area contributed by atoms with Gasteiger partial charge in [0.25, 0.3) is 0 Å². The van der Waals surface area contributed by atoms with Gasteiger partial charge in [0.15, 0.2) is 5.71 Å². The Bertz CT molecular complexity index is 184. The lowest BCUT2D eigenvalue weighted by atomic mass is 10.4. The minimum absolute atomic E-state index is 0.0468. The third kappa shape index (κ3) is 4.13. The van der Waals surface area contributed by atoms with Crippen LogP contribution in [0.15, 0.2) is 17.3 Å². The molecule has 0 radical (unpaired) electrons. The first-order chi connectivity index (χ1) is 5.22. The average Bonchev–Trinajstić information content (AvgIpc) is 2.03. The summed E-state index contributed by atoms with van der Waals surface area (Å²) in [6.45, 7) is 3.40. The number of rotatable bonds is 3. The van der Waals surface area contributed by atoms with Crippen molar-refractivity contribution in [3.8, 4) is 0 Å². The Morgan fingerprint density at radius 2 is 2.36 bits per heavy atom. The lowest BCUT2D eigenvalue weighted by Gasteiger charge is -1.97. The van der Waals surface area contributed by atoms with E-state index in [0.717, 1.165) is 0 Å². The van der Waals surface area contributed by atoms with Crippen molar-refractivity contribution < 1.29 is 14.7 Å². The predicted molar refractivity (Wildman–Crippen MR) is 40.7 cm³/mol. The van der Waals surface area contributed by atoms with E-state index < -0.39 is 5.97 Å². The Labute approximate surface area is 65.2 Å². The Balaban J connectivity index is 3.70. The fourth-order valence-electron chi connectivity index (χ4n) is 0.365. The zero-order valence-electron chi connectivity index (χ0n) is 6.57. The molecule has 0 atom stereocenters. The molecule has 0 heterocycles. The minimum Gasteiger partial charge on any atom is -0.457 e. The first kappa shape index (κ1) is 9.68. The molecule has 0 aliphatic heterocycles. The molecule has 4 nitrogen and oxygen atoms in total. The fraction of sp³-hybridized carbons (Fsp3) is 0.429. The first-order valence-corrected chi connectivity index (χ1v) is 3.19. The van der Waals surface area contributed by atoms with Gasteiger partial charge >= 0.3 is 5.97 Å². The monoisotopic (exact) mass is 157 g/mol. The highest BCUT2D eigenvalue weighted by molar-refractivity contribution is 6.35. The molecule has 0 aliphatic carbocycles. The van der Waals surface area contributed by atoms with Crippen LogP contribution in [0.3, 0.4) is 0 Å². The van der Waals surface area contributed by atoms with Gasteiger partial charge in [-0.1, -0.05) is 17.3 Å². The second-order valence-corrected chi connectivity index (χ2v) is 1.85. The maximum Gasteiger partial charge on any atom is 0.356 e. The van der Waals surface area contributed by atoms with E-state index in [1.807, 2.05) is 6.92 Å². The summed E-state index contributed by atoms with van der Waals surface area (Å²) in [5.74, 6) is -0.606. The number of nitrogens with zero attached hydrogens (tertiary/aromatic N) is 1. The van der Waals surface area contributed by atoms with Crippen LogP contribution in [0.1, 0.15) is 13.8 Å². The molecule has 0 fully saturated rings. The van der Waals surface area contributed by atoms with Crippen LogP contribution in [0.5, 0.6) is 0 Å². The van der Waals surface area contributed by atoms with Crippen molar-refractivity contribution in [3.63, 3.8) is 0 Å². The zero-order chi connectivity index (χ0) is 8.69. The lowest BCUT2D eigenvalue weighted by Crippen LogP contribution is -2.14. The molecule has 0 spiro atoms. The highest BCUT2D eigenvalue weighted by Gasteiger charge is 2.05. The largest absolute Gasteiger partial charge is 0.457 e. The van der Waals surface area contributed by atoms with Crippen molar-refractivity contribution in [1.29, 1.82) is 0 Å². The summed E-state index contributed by atoms with van der Waals surface area (Å²) in [7, 11) is 0. The van der Waals surface area contributed by atoms with Gasteiger partial charge in [-0.05, 0) is 13.8 Å². The zero-order valence-corrected chi connectivity index (χ0v) is 6.57. The SMILES string of the molecule is C/C=C/COC(=O)/C(C)=N\O. The van der Waals surface area contributed by atoms with Crippen LogP contribution in [0.2, 0.25) is 0 Å². The smallest absolute Gasteiger partial charge is 0.356 e. The second kappa shape index (κ2) is 5.46. The van der Waals surface area contributed by atoms with Gasteiger partial charge in [-0.25, -0.2) is 4.79 Å². The maximum absolute atomic E-state index is 10.7. The lowest BCUT2D eigenvalue weighted by molar-refractivity contribution is -0.134. The van der Waals surface area contributed by atoms with E-state index >= 15 is 0 Å². The van der Waals surface area contributed by atoms with Crippen molar-refractivity contribution in [2.45, 2.75) is 13.8 Å². The molecular weight excluding hydrogens is 146 g/mol. The summed E-state index contributed by atoms with van der Waals surface area (Å²) < 4.78 is 4.62. The molecule has 0 aromatic rings. The highest BCUT2D eigenvalue weighted by atomic mass is 16.5. The standard InChI is InChI=1S/C7H11NO3/c1-3-4-5-11-7(9)6(2)8-10/h3-4,10H,5H2,1-2H3/b4-3+,8-6-. The van der Waals surface area contributed by atoms with Gasteiger partial charge in [-0.15, -0.1) is 0 Å². The van der Waals surface area contributed by atoms with Crippen molar-refractivity contribution in [2.75, 3.05) is 6.61 Å². The Kier molecular flexibility index (Phi) is 4.81. The molecule has 0 rings (SSSR count). The molecule has 0 aromatic carbocycles. The van der Waals surface area contributed by atoms with Crippen LogP contribution < -0.4 is 0 Å². The third-order valence-corrected chi connectivity index (χ3v) is 0.992. The van der Waals surface area contributed by atoms with Crippen LogP contribution >= 0.6 is 0 Å². The summed E-state index contributed by atoms with van der Waals surface area (Å²) in [5, 5.41) is 10.8. The van der Waals surface area contributed by atoms with Gasteiger partial charge in [-0.2, -0.15) is 0 Å². The normalized spacial score (nSPS) is 12.0. The van der Waals surface area contributed by atoms with E-state index in [1.54, 1.807) is 12.2 Å². The van der Waals surface area contributed by atoms with E-state index in [0.29, 0.717) is 0 Å². The van der Waals surface area contributed by atoms with Crippen molar-refractivity contribution in [3.05, 3.63) is 12.2 Å². The van der Waals surface area contributed by atoms with Gasteiger partial charge in [0, 0.05) is 0 Å². The molecule has 0 aromatic heterocycles. The number of allylic oxidation sites excluding steroid dienone is 1. The van der Waals surface area contributed by atoms with Crippen molar-refractivity contribution >= 4 is 11.7 Å². The number of carbonyl (C=O) groups excluding carboxylic acids is 1. The first-order valence-electron chi connectivity index (χ1n) is 3.19. The minimum atomic E-state index is -0.606. The molecule has 0 saturated carbocycles. The van der Waals surface area contributed by atoms with E-state index in [-0.39, 0.29) is 12.3 Å². The van der Waals surface area contributed by atoms with Gasteiger partial charge in [0.1, 0.15) is 6.61 Å². The van der Waals surface area contributed by atoms with Crippen LogP contribution in [-0.2, 0) is 9.53 Å². The Morgan fingerprint density at radius 1 is 1.73 bits per heavy atom. The van der Waals surface area contributed by atoms with Crippen LogP contribution in [-0.4, -0.2) is 23.5 Å². The predicted octanol–water partition coefficient (Wildman–Crippen LogP) is 0.956. The molecule has 1 N–H and O–H groups in total. The number of ether oxygens (including phenoxy) is 1. The third-order valence-electron chi connectivity index (χ3n) is 0.992. The fourth-order valence-corrected chi connectivity index (χ4v) is 0.365. The van der Waals surface area contributed by atoms with Gasteiger partial charge in [-0.3, -0.25) is 0 Å². The molecule has 0 bridgehead atoms. The Hall–Kier alpha value is -1.32. The number of oxime groups is 1. The number of esters is 1. The van der Waals surface area contributed by atoms with E-state index in [9.17, 15) is 4.79 Å². The molecule has 0 unspecified atom stereocenters. The van der Waals surface area contributed by atoms with Crippen LogP contribution in [0, 0.1) is 0 Å². The van der Waals surface area contributed by atoms with Crippen molar-refractivity contribution in [1.82, 2.24) is 0 Å². The van der Waals surface area contributed by atoms with Gasteiger partial charge in [0.05, 0.1) is 0 Å². The number of hydrogen-bond acceptors (Lipinski definition) is 4. The average molecular weight is 157 g/mol. The summed E-state index contributed by atoms with van der Waals surface area (Å²) in [4.78, 5) is 10.7. The molecule has 11 heavy (non-hydrogen) atoms. The molecule has 62 valence electrons. The number of hydrogen-bond donors (Lipinski definition) is 1. The summed E-state index contributed by atoms with van der Waals surface area (Å²) in [6, 6.07) is 0. The quantitative estimate of drug-likeness (QED) is 0.218. The van der Waals surface area contributed by atoms with Crippen molar-refractivity contribution in [2.24, 2.45) is 5.16 Å². The van der Waals surface area contributed by atoms with Gasteiger partial charge < -0.3 is 9.94 Å².